The average Bonchev–Trinajstić information content (AvgIpc) is 2.69. The molecule has 0 saturated carbocycles. The Morgan fingerprint density at radius 3 is 2.68 bits per heavy atom. The van der Waals surface area contributed by atoms with E-state index in [4.69, 9.17) is 13.9 Å². The molecule has 0 radical (unpaired) electrons. The van der Waals surface area contributed by atoms with Gasteiger partial charge in [0.2, 0.25) is 5.91 Å². The van der Waals surface area contributed by atoms with Crippen LogP contribution in [-0.2, 0) is 17.6 Å². The lowest BCUT2D eigenvalue weighted by molar-refractivity contribution is -0.122. The fourth-order valence-electron chi connectivity index (χ4n) is 4.07. The van der Waals surface area contributed by atoms with E-state index in [1.807, 2.05) is 40.7 Å². The van der Waals surface area contributed by atoms with Crippen molar-refractivity contribution < 1.29 is 23.8 Å². The van der Waals surface area contributed by atoms with E-state index in [0.717, 1.165) is 29.4 Å². The van der Waals surface area contributed by atoms with Gasteiger partial charge in [-0.1, -0.05) is 13.8 Å². The molecule has 2 heterocycles. The van der Waals surface area contributed by atoms with Crippen LogP contribution < -0.4 is 20.4 Å². The van der Waals surface area contributed by atoms with Crippen molar-refractivity contribution >= 4 is 16.9 Å². The molecule has 0 bridgehead atoms. The maximum absolute atomic E-state index is 12.8. The summed E-state index contributed by atoms with van der Waals surface area (Å²) >= 11 is 0. The highest BCUT2D eigenvalue weighted by molar-refractivity contribution is 5.92. The maximum Gasteiger partial charge on any atom is 0.339 e. The Hall–Kier alpha value is -2.54. The SMILES string of the molecule is COc1cc2c(c3oc(=O)c(CCC(=O)N[C@H](CO)C(C)C)c(C)c13)CCC(C)(C)O2. The predicted molar refractivity (Wildman–Crippen MR) is 119 cm³/mol. The summed E-state index contributed by atoms with van der Waals surface area (Å²) < 4.78 is 17.5. The fraction of sp³-hybridized carbons (Fsp3) is 0.583. The normalized spacial score (nSPS) is 16.0. The van der Waals surface area contributed by atoms with Crippen LogP contribution in [0.4, 0.5) is 0 Å². The predicted octanol–water partition coefficient (Wildman–Crippen LogP) is 3.28. The van der Waals surface area contributed by atoms with Crippen LogP contribution in [0.3, 0.4) is 0 Å². The van der Waals surface area contributed by atoms with Gasteiger partial charge in [0.05, 0.1) is 25.1 Å². The van der Waals surface area contributed by atoms with Gasteiger partial charge in [0.15, 0.2) is 0 Å². The number of hydrogen-bond donors (Lipinski definition) is 2. The van der Waals surface area contributed by atoms with E-state index in [2.05, 4.69) is 5.32 Å². The van der Waals surface area contributed by atoms with Gasteiger partial charge in [-0.15, -0.1) is 0 Å². The van der Waals surface area contributed by atoms with Gasteiger partial charge in [-0.2, -0.15) is 0 Å². The van der Waals surface area contributed by atoms with Gasteiger partial charge in [0.25, 0.3) is 0 Å². The Labute approximate surface area is 182 Å². The quantitative estimate of drug-likeness (QED) is 0.653. The Balaban J connectivity index is 1.96. The molecule has 0 fully saturated rings. The molecule has 1 aliphatic heterocycles. The van der Waals surface area contributed by atoms with Gasteiger partial charge in [-0.05, 0) is 51.5 Å². The number of fused-ring (bicyclic) bond motifs is 3. The second-order valence-corrected chi connectivity index (χ2v) is 9.22. The minimum absolute atomic E-state index is 0.115. The molecule has 1 aromatic heterocycles. The lowest BCUT2D eigenvalue weighted by Gasteiger charge is -2.33. The zero-order valence-electron chi connectivity index (χ0n) is 19.3. The first-order valence-electron chi connectivity index (χ1n) is 10.8. The molecule has 1 aliphatic rings. The van der Waals surface area contributed by atoms with Crippen LogP contribution in [0.25, 0.3) is 11.0 Å². The van der Waals surface area contributed by atoms with Crippen molar-refractivity contribution in [2.24, 2.45) is 5.92 Å². The van der Waals surface area contributed by atoms with Gasteiger partial charge in [-0.3, -0.25) is 4.79 Å². The van der Waals surface area contributed by atoms with Gasteiger partial charge in [0, 0.05) is 23.6 Å². The molecule has 1 atom stereocenters. The Morgan fingerprint density at radius 1 is 1.35 bits per heavy atom. The maximum atomic E-state index is 12.8. The molecule has 0 saturated heterocycles. The highest BCUT2D eigenvalue weighted by Crippen LogP contribution is 2.43. The molecular formula is C24H33NO6. The monoisotopic (exact) mass is 431 g/mol. The number of carbonyl (C=O) groups excluding carboxylic acids is 1. The minimum atomic E-state index is -0.444. The van der Waals surface area contributed by atoms with Crippen LogP contribution in [0.2, 0.25) is 0 Å². The van der Waals surface area contributed by atoms with Crippen molar-refractivity contribution in [3.05, 3.63) is 33.2 Å². The third kappa shape index (κ3) is 4.71. The van der Waals surface area contributed by atoms with Crippen LogP contribution in [-0.4, -0.2) is 36.4 Å². The van der Waals surface area contributed by atoms with Crippen molar-refractivity contribution in [1.29, 1.82) is 0 Å². The molecule has 2 aromatic rings. The number of aliphatic hydroxyl groups is 1. The number of ether oxygens (including phenoxy) is 2. The summed E-state index contributed by atoms with van der Waals surface area (Å²) in [6.07, 6.45) is 1.93. The molecule has 0 spiro atoms. The van der Waals surface area contributed by atoms with Gasteiger partial charge in [0.1, 0.15) is 22.7 Å². The third-order valence-corrected chi connectivity index (χ3v) is 6.11. The van der Waals surface area contributed by atoms with E-state index in [1.54, 1.807) is 7.11 Å². The van der Waals surface area contributed by atoms with Crippen molar-refractivity contribution in [3.63, 3.8) is 0 Å². The highest BCUT2D eigenvalue weighted by atomic mass is 16.5. The zero-order valence-corrected chi connectivity index (χ0v) is 19.3. The molecule has 170 valence electrons. The largest absolute Gasteiger partial charge is 0.496 e. The molecule has 2 N–H and O–H groups in total. The van der Waals surface area contributed by atoms with Crippen molar-refractivity contribution in [1.82, 2.24) is 5.32 Å². The molecule has 1 aromatic carbocycles. The fourth-order valence-corrected chi connectivity index (χ4v) is 4.07. The number of aliphatic hydroxyl groups excluding tert-OH is 1. The summed E-state index contributed by atoms with van der Waals surface area (Å²) in [6, 6.07) is 1.55. The standard InChI is InChI=1S/C24H33NO6/c1-13(2)17(12-26)25-20(27)8-7-15-14(3)21-19(29-6)11-18-16(22(21)30-23(15)28)9-10-24(4,5)31-18/h11,13,17,26H,7-10,12H2,1-6H3,(H,25,27)/t17-/m1/s1. The summed E-state index contributed by atoms with van der Waals surface area (Å²) in [7, 11) is 1.58. The van der Waals surface area contributed by atoms with Crippen LogP contribution in [0.5, 0.6) is 11.5 Å². The number of amides is 1. The van der Waals surface area contributed by atoms with E-state index in [0.29, 0.717) is 22.6 Å². The number of methoxy groups -OCH3 is 1. The molecular weight excluding hydrogens is 398 g/mol. The number of carbonyl (C=O) groups is 1. The molecule has 31 heavy (non-hydrogen) atoms. The van der Waals surface area contributed by atoms with E-state index in [9.17, 15) is 14.7 Å². The number of nitrogens with one attached hydrogen (secondary N) is 1. The highest BCUT2D eigenvalue weighted by Gasteiger charge is 2.31. The van der Waals surface area contributed by atoms with Gasteiger partial charge in [-0.25, -0.2) is 4.79 Å². The first kappa shape index (κ1) is 23.1. The number of benzene rings is 1. The van der Waals surface area contributed by atoms with Gasteiger partial charge >= 0.3 is 5.63 Å². The lowest BCUT2D eigenvalue weighted by atomic mass is 9.91. The van der Waals surface area contributed by atoms with Crippen molar-refractivity contribution in [2.75, 3.05) is 13.7 Å². The molecule has 7 heteroatoms. The first-order valence-corrected chi connectivity index (χ1v) is 10.8. The van der Waals surface area contributed by atoms with Crippen LogP contribution in [0.1, 0.15) is 57.2 Å². The van der Waals surface area contributed by atoms with Crippen LogP contribution in [0, 0.1) is 12.8 Å². The molecule has 1 amide bonds. The van der Waals surface area contributed by atoms with Crippen molar-refractivity contribution in [2.45, 2.75) is 71.9 Å². The van der Waals surface area contributed by atoms with Crippen molar-refractivity contribution in [3.8, 4) is 11.5 Å². The smallest absolute Gasteiger partial charge is 0.339 e. The third-order valence-electron chi connectivity index (χ3n) is 6.11. The molecule has 3 rings (SSSR count). The summed E-state index contributed by atoms with van der Waals surface area (Å²) in [4.78, 5) is 25.2. The summed E-state index contributed by atoms with van der Waals surface area (Å²) in [5.41, 5.74) is 1.86. The van der Waals surface area contributed by atoms with E-state index < -0.39 is 5.63 Å². The first-order chi connectivity index (χ1) is 14.6. The average molecular weight is 432 g/mol. The van der Waals surface area contributed by atoms with Gasteiger partial charge < -0.3 is 24.3 Å². The zero-order chi connectivity index (χ0) is 22.9. The molecule has 0 unspecified atom stereocenters. The summed E-state index contributed by atoms with van der Waals surface area (Å²) in [5, 5.41) is 13.0. The Bertz CT molecular complexity index is 1040. The Morgan fingerprint density at radius 2 is 2.06 bits per heavy atom. The van der Waals surface area contributed by atoms with E-state index in [1.165, 1.54) is 0 Å². The van der Waals surface area contributed by atoms with Crippen LogP contribution >= 0.6 is 0 Å². The topological polar surface area (TPSA) is 98.0 Å². The minimum Gasteiger partial charge on any atom is -0.496 e. The number of rotatable bonds is 7. The second kappa shape index (κ2) is 8.91. The summed E-state index contributed by atoms with van der Waals surface area (Å²) in [6.45, 7) is 9.66. The number of aryl methyl sites for hydroxylation is 2. The summed E-state index contributed by atoms with van der Waals surface area (Å²) in [5.74, 6) is 1.17. The lowest BCUT2D eigenvalue weighted by Crippen LogP contribution is -2.41. The second-order valence-electron chi connectivity index (χ2n) is 9.22. The van der Waals surface area contributed by atoms with E-state index in [-0.39, 0.29) is 42.9 Å². The molecule has 0 aliphatic carbocycles. The van der Waals surface area contributed by atoms with Crippen LogP contribution in [0.15, 0.2) is 15.3 Å². The molecule has 7 nitrogen and oxygen atoms in total. The van der Waals surface area contributed by atoms with E-state index >= 15 is 0 Å². The number of hydrogen-bond acceptors (Lipinski definition) is 6. The Kier molecular flexibility index (Phi) is 6.65.